The predicted octanol–water partition coefficient (Wildman–Crippen LogP) is 2.94. The van der Waals surface area contributed by atoms with Gasteiger partial charge in [-0.3, -0.25) is 9.59 Å². The molecule has 1 atom stereocenters. The molecule has 0 heterocycles. The van der Waals surface area contributed by atoms with Crippen molar-refractivity contribution in [3.63, 3.8) is 0 Å². The molecule has 22 heavy (non-hydrogen) atoms. The first-order valence-electron chi connectivity index (χ1n) is 8.18. The van der Waals surface area contributed by atoms with Crippen LogP contribution in [0.15, 0.2) is 24.3 Å². The van der Waals surface area contributed by atoms with Gasteiger partial charge in [0.15, 0.2) is 0 Å². The second-order valence-electron chi connectivity index (χ2n) is 5.79. The summed E-state index contributed by atoms with van der Waals surface area (Å²) in [5.41, 5.74) is 2.16. The summed E-state index contributed by atoms with van der Waals surface area (Å²) in [7, 11) is 0. The number of nitrogens with one attached hydrogen (secondary N) is 2. The topological polar surface area (TPSA) is 58.2 Å². The van der Waals surface area contributed by atoms with Crippen LogP contribution in [0.1, 0.15) is 50.7 Å². The molecule has 0 saturated carbocycles. The maximum atomic E-state index is 11.8. The number of amides is 2. The first kappa shape index (κ1) is 18.2. The molecule has 1 rings (SSSR count). The number of hydrogen-bond acceptors (Lipinski definition) is 2. The van der Waals surface area contributed by atoms with Crippen molar-refractivity contribution in [2.45, 2.75) is 53.0 Å². The molecule has 1 unspecified atom stereocenters. The highest BCUT2D eigenvalue weighted by Gasteiger charge is 2.14. The van der Waals surface area contributed by atoms with Crippen molar-refractivity contribution >= 4 is 11.8 Å². The van der Waals surface area contributed by atoms with Gasteiger partial charge in [-0.15, -0.1) is 0 Å². The van der Waals surface area contributed by atoms with Gasteiger partial charge in [-0.05, 0) is 24.8 Å². The van der Waals surface area contributed by atoms with E-state index in [-0.39, 0.29) is 0 Å². The summed E-state index contributed by atoms with van der Waals surface area (Å²) in [6.07, 6.45) is 4.43. The van der Waals surface area contributed by atoms with Crippen LogP contribution in [0.3, 0.4) is 0 Å². The van der Waals surface area contributed by atoms with Crippen molar-refractivity contribution in [2.24, 2.45) is 5.92 Å². The quantitative estimate of drug-likeness (QED) is 0.725. The lowest BCUT2D eigenvalue weighted by atomic mass is 9.99. The van der Waals surface area contributed by atoms with Gasteiger partial charge in [0.2, 0.25) is 0 Å². The second-order valence-corrected chi connectivity index (χ2v) is 5.79. The van der Waals surface area contributed by atoms with Crippen molar-refractivity contribution in [3.8, 4) is 0 Å². The highest BCUT2D eigenvalue weighted by molar-refractivity contribution is 6.35. The average molecular weight is 304 g/mol. The van der Waals surface area contributed by atoms with Gasteiger partial charge < -0.3 is 10.6 Å². The highest BCUT2D eigenvalue weighted by atomic mass is 16.2. The molecule has 0 spiro atoms. The van der Waals surface area contributed by atoms with Gasteiger partial charge in [0, 0.05) is 13.1 Å². The molecular weight excluding hydrogens is 276 g/mol. The van der Waals surface area contributed by atoms with E-state index in [0.29, 0.717) is 19.0 Å². The van der Waals surface area contributed by atoms with Gasteiger partial charge in [-0.2, -0.15) is 0 Å². The largest absolute Gasteiger partial charge is 0.348 e. The minimum Gasteiger partial charge on any atom is -0.348 e. The maximum absolute atomic E-state index is 11.8. The zero-order valence-corrected chi connectivity index (χ0v) is 13.9. The monoisotopic (exact) mass is 304 g/mol. The van der Waals surface area contributed by atoms with Crippen molar-refractivity contribution < 1.29 is 9.59 Å². The molecular formula is C18H28N2O2. The van der Waals surface area contributed by atoms with Crippen LogP contribution in [-0.2, 0) is 16.1 Å². The molecule has 2 amide bonds. The third kappa shape index (κ3) is 6.74. The summed E-state index contributed by atoms with van der Waals surface area (Å²) in [6.45, 7) is 7.24. The van der Waals surface area contributed by atoms with Gasteiger partial charge in [0.25, 0.3) is 0 Å². The number of carbonyl (C=O) groups excluding carboxylic acids is 2. The Bertz CT molecular complexity index is 468. The fourth-order valence-electron chi connectivity index (χ4n) is 2.23. The molecule has 0 aromatic heterocycles. The molecule has 2 N–H and O–H groups in total. The van der Waals surface area contributed by atoms with E-state index in [1.54, 1.807) is 0 Å². The van der Waals surface area contributed by atoms with Crippen LogP contribution in [0.4, 0.5) is 0 Å². The zero-order valence-electron chi connectivity index (χ0n) is 13.9. The van der Waals surface area contributed by atoms with E-state index >= 15 is 0 Å². The van der Waals surface area contributed by atoms with Gasteiger partial charge in [0.05, 0.1) is 0 Å². The van der Waals surface area contributed by atoms with Gasteiger partial charge in [0.1, 0.15) is 0 Å². The van der Waals surface area contributed by atoms with E-state index in [0.717, 1.165) is 31.2 Å². The molecule has 0 fully saturated rings. The van der Waals surface area contributed by atoms with Crippen LogP contribution in [0.2, 0.25) is 0 Å². The molecule has 0 aliphatic rings. The standard InChI is InChI=1S/C18H28N2O2/c1-4-6-7-15(5-2)12-19-17(21)18(22)20-13-16-10-8-14(3)9-11-16/h8-11,15H,4-7,12-13H2,1-3H3,(H,19,21)(H,20,22). The smallest absolute Gasteiger partial charge is 0.309 e. The number of unbranched alkanes of at least 4 members (excludes halogenated alkanes) is 1. The molecule has 4 nitrogen and oxygen atoms in total. The predicted molar refractivity (Wildman–Crippen MR) is 89.3 cm³/mol. The molecule has 122 valence electrons. The summed E-state index contributed by atoms with van der Waals surface area (Å²) in [6, 6.07) is 7.87. The number of hydrogen-bond donors (Lipinski definition) is 2. The first-order valence-corrected chi connectivity index (χ1v) is 8.18. The molecule has 0 saturated heterocycles. The van der Waals surface area contributed by atoms with Crippen LogP contribution in [0.5, 0.6) is 0 Å². The lowest BCUT2D eigenvalue weighted by Gasteiger charge is -2.15. The van der Waals surface area contributed by atoms with Crippen LogP contribution in [0, 0.1) is 12.8 Å². The Labute approximate surface area is 133 Å². The van der Waals surface area contributed by atoms with Crippen LogP contribution < -0.4 is 10.6 Å². The molecule has 0 bridgehead atoms. The summed E-state index contributed by atoms with van der Waals surface area (Å²) in [5, 5.41) is 5.39. The number of aryl methyl sites for hydroxylation is 1. The van der Waals surface area contributed by atoms with Crippen molar-refractivity contribution in [1.82, 2.24) is 10.6 Å². The summed E-state index contributed by atoms with van der Waals surface area (Å²) < 4.78 is 0. The first-order chi connectivity index (χ1) is 10.6. The Hall–Kier alpha value is -1.84. The molecule has 1 aromatic rings. The van der Waals surface area contributed by atoms with Gasteiger partial charge in [-0.1, -0.05) is 62.9 Å². The summed E-state index contributed by atoms with van der Waals surface area (Å²) >= 11 is 0. The summed E-state index contributed by atoms with van der Waals surface area (Å²) in [5.74, 6) is -0.651. The van der Waals surface area contributed by atoms with E-state index in [4.69, 9.17) is 0 Å². The Kier molecular flexibility index (Phi) is 8.26. The number of benzene rings is 1. The fourth-order valence-corrected chi connectivity index (χ4v) is 2.23. The normalized spacial score (nSPS) is 11.8. The minimum absolute atomic E-state index is 0.375. The molecule has 0 aliphatic heterocycles. The third-order valence-corrected chi connectivity index (χ3v) is 3.87. The van der Waals surface area contributed by atoms with Crippen molar-refractivity contribution in [1.29, 1.82) is 0 Å². The molecule has 1 aromatic carbocycles. The van der Waals surface area contributed by atoms with E-state index < -0.39 is 11.8 Å². The maximum Gasteiger partial charge on any atom is 0.309 e. The molecule has 0 radical (unpaired) electrons. The van der Waals surface area contributed by atoms with Gasteiger partial charge >= 0.3 is 11.8 Å². The van der Waals surface area contributed by atoms with E-state index in [1.165, 1.54) is 5.56 Å². The van der Waals surface area contributed by atoms with E-state index in [9.17, 15) is 9.59 Å². The third-order valence-electron chi connectivity index (χ3n) is 3.87. The lowest BCUT2D eigenvalue weighted by molar-refractivity contribution is -0.139. The zero-order chi connectivity index (χ0) is 16.4. The van der Waals surface area contributed by atoms with Gasteiger partial charge in [-0.25, -0.2) is 0 Å². The number of rotatable bonds is 8. The van der Waals surface area contributed by atoms with E-state index in [1.807, 2.05) is 31.2 Å². The van der Waals surface area contributed by atoms with Crippen LogP contribution >= 0.6 is 0 Å². The Balaban J connectivity index is 2.32. The SMILES string of the molecule is CCCCC(CC)CNC(=O)C(=O)NCc1ccc(C)cc1. The van der Waals surface area contributed by atoms with Crippen molar-refractivity contribution in [3.05, 3.63) is 35.4 Å². The minimum atomic E-state index is -0.564. The molecule has 4 heteroatoms. The summed E-state index contributed by atoms with van der Waals surface area (Å²) in [4.78, 5) is 23.6. The fraction of sp³-hybridized carbons (Fsp3) is 0.556. The highest BCUT2D eigenvalue weighted by Crippen LogP contribution is 2.11. The Morgan fingerprint density at radius 2 is 1.68 bits per heavy atom. The molecule has 0 aliphatic carbocycles. The van der Waals surface area contributed by atoms with Crippen molar-refractivity contribution in [2.75, 3.05) is 6.54 Å². The Morgan fingerprint density at radius 1 is 1.05 bits per heavy atom. The lowest BCUT2D eigenvalue weighted by Crippen LogP contribution is -2.41. The average Bonchev–Trinajstić information content (AvgIpc) is 2.54. The second kappa shape index (κ2) is 9.98. The van der Waals surface area contributed by atoms with Crippen LogP contribution in [0.25, 0.3) is 0 Å². The van der Waals surface area contributed by atoms with Crippen LogP contribution in [-0.4, -0.2) is 18.4 Å². The van der Waals surface area contributed by atoms with E-state index in [2.05, 4.69) is 24.5 Å². The Morgan fingerprint density at radius 3 is 2.27 bits per heavy atom. The number of carbonyl (C=O) groups is 2.